The molecule has 0 saturated carbocycles. The second-order valence-electron chi connectivity index (χ2n) is 7.90. The molecule has 2 aliphatic heterocycles. The number of aliphatic imine (C=N–C) groups is 1. The summed E-state index contributed by atoms with van der Waals surface area (Å²) >= 11 is 0. The summed E-state index contributed by atoms with van der Waals surface area (Å²) in [6.45, 7) is 16.3. The summed E-state index contributed by atoms with van der Waals surface area (Å²) in [7, 11) is 4.01. The van der Waals surface area contributed by atoms with E-state index < -0.39 is 0 Å². The first-order valence-electron chi connectivity index (χ1n) is 9.99. The van der Waals surface area contributed by atoms with Crippen LogP contribution in [0.15, 0.2) is 4.99 Å². The lowest BCUT2D eigenvalue weighted by atomic mass is 10.0. The molecular formula is C19H39N5O. The van der Waals surface area contributed by atoms with Gasteiger partial charge in [0.2, 0.25) is 0 Å². The summed E-state index contributed by atoms with van der Waals surface area (Å²) in [5, 5.41) is 3.50. The van der Waals surface area contributed by atoms with Crippen molar-refractivity contribution in [3.8, 4) is 0 Å². The van der Waals surface area contributed by atoms with Gasteiger partial charge in [-0.25, -0.2) is 0 Å². The van der Waals surface area contributed by atoms with E-state index in [-0.39, 0.29) is 0 Å². The molecule has 2 heterocycles. The van der Waals surface area contributed by atoms with E-state index in [4.69, 9.17) is 9.73 Å². The normalized spacial score (nSPS) is 25.0. The van der Waals surface area contributed by atoms with Gasteiger partial charge in [-0.3, -0.25) is 9.89 Å². The first-order chi connectivity index (χ1) is 12.0. The molecule has 0 bridgehead atoms. The molecule has 2 rings (SSSR count). The zero-order chi connectivity index (χ0) is 18.2. The monoisotopic (exact) mass is 353 g/mol. The Hall–Kier alpha value is -0.850. The fourth-order valence-corrected chi connectivity index (χ4v) is 3.90. The Bertz CT molecular complexity index is 407. The van der Waals surface area contributed by atoms with Crippen molar-refractivity contribution >= 4 is 5.96 Å². The lowest BCUT2D eigenvalue weighted by Crippen LogP contribution is -2.52. The maximum Gasteiger partial charge on any atom is 0.193 e. The van der Waals surface area contributed by atoms with Crippen LogP contribution in [-0.2, 0) is 4.74 Å². The Balaban J connectivity index is 1.97. The largest absolute Gasteiger partial charge is 0.384 e. The van der Waals surface area contributed by atoms with Crippen LogP contribution in [0.1, 0.15) is 27.2 Å². The number of likely N-dealkylation sites (N-methyl/N-ethyl adjacent to an activating group) is 1. The molecule has 2 unspecified atom stereocenters. The highest BCUT2D eigenvalue weighted by molar-refractivity contribution is 5.80. The zero-order valence-electron chi connectivity index (χ0n) is 17.0. The van der Waals surface area contributed by atoms with Crippen molar-refractivity contribution in [2.75, 3.05) is 73.1 Å². The summed E-state index contributed by atoms with van der Waals surface area (Å²) in [4.78, 5) is 12.5. The number of guanidine groups is 1. The SMILES string of the molecule is CCNC(=NCC(C(C)C)N1CCN(C)CC1)N1CCC(COC)C1. The molecule has 2 atom stereocenters. The van der Waals surface area contributed by atoms with Gasteiger partial charge in [0.15, 0.2) is 5.96 Å². The van der Waals surface area contributed by atoms with Crippen LogP contribution in [0, 0.1) is 11.8 Å². The fourth-order valence-electron chi connectivity index (χ4n) is 3.90. The molecule has 0 spiro atoms. The number of ether oxygens (including phenoxy) is 1. The first kappa shape index (κ1) is 20.5. The van der Waals surface area contributed by atoms with Gasteiger partial charge in [-0.2, -0.15) is 0 Å². The highest BCUT2D eigenvalue weighted by Gasteiger charge is 2.27. The van der Waals surface area contributed by atoms with Crippen molar-refractivity contribution in [3.63, 3.8) is 0 Å². The van der Waals surface area contributed by atoms with Crippen LogP contribution >= 0.6 is 0 Å². The molecule has 2 aliphatic rings. The number of piperazine rings is 1. The third-order valence-electron chi connectivity index (χ3n) is 5.53. The minimum atomic E-state index is 0.528. The van der Waals surface area contributed by atoms with E-state index in [1.165, 1.54) is 6.42 Å². The van der Waals surface area contributed by atoms with Crippen LogP contribution in [0.25, 0.3) is 0 Å². The molecule has 6 heteroatoms. The van der Waals surface area contributed by atoms with Gasteiger partial charge in [-0.05, 0) is 26.3 Å². The van der Waals surface area contributed by atoms with Gasteiger partial charge in [0.05, 0.1) is 13.2 Å². The molecular weight excluding hydrogens is 314 g/mol. The molecule has 25 heavy (non-hydrogen) atoms. The third kappa shape index (κ3) is 6.12. The van der Waals surface area contributed by atoms with Crippen molar-refractivity contribution in [3.05, 3.63) is 0 Å². The third-order valence-corrected chi connectivity index (χ3v) is 5.53. The zero-order valence-corrected chi connectivity index (χ0v) is 17.0. The lowest BCUT2D eigenvalue weighted by molar-refractivity contribution is 0.0924. The van der Waals surface area contributed by atoms with E-state index in [2.05, 4.69) is 47.8 Å². The predicted molar refractivity (Wildman–Crippen MR) is 105 cm³/mol. The topological polar surface area (TPSA) is 43.3 Å². The van der Waals surface area contributed by atoms with E-state index >= 15 is 0 Å². The second kappa shape index (κ2) is 10.3. The first-order valence-corrected chi connectivity index (χ1v) is 9.99. The Kier molecular flexibility index (Phi) is 8.46. The van der Waals surface area contributed by atoms with Crippen molar-refractivity contribution in [1.82, 2.24) is 20.0 Å². The van der Waals surface area contributed by atoms with Crippen LogP contribution in [0.5, 0.6) is 0 Å². The number of nitrogens with one attached hydrogen (secondary N) is 1. The van der Waals surface area contributed by atoms with Crippen molar-refractivity contribution < 1.29 is 4.74 Å². The second-order valence-corrected chi connectivity index (χ2v) is 7.90. The molecule has 6 nitrogen and oxygen atoms in total. The van der Waals surface area contributed by atoms with E-state index in [1.807, 2.05) is 0 Å². The van der Waals surface area contributed by atoms with Gasteiger partial charge in [0, 0.05) is 64.9 Å². The maximum absolute atomic E-state index is 5.33. The minimum absolute atomic E-state index is 0.528. The molecule has 0 aromatic heterocycles. The molecule has 2 saturated heterocycles. The van der Waals surface area contributed by atoms with Crippen molar-refractivity contribution in [1.29, 1.82) is 0 Å². The van der Waals surface area contributed by atoms with E-state index in [0.717, 1.165) is 64.9 Å². The Morgan fingerprint density at radius 2 is 1.92 bits per heavy atom. The summed E-state index contributed by atoms with van der Waals surface area (Å²) in [6, 6.07) is 0.528. The highest BCUT2D eigenvalue weighted by Crippen LogP contribution is 2.18. The van der Waals surface area contributed by atoms with Gasteiger partial charge >= 0.3 is 0 Å². The summed E-state index contributed by atoms with van der Waals surface area (Å²) in [6.07, 6.45) is 1.20. The van der Waals surface area contributed by atoms with Crippen molar-refractivity contribution in [2.24, 2.45) is 16.8 Å². The van der Waals surface area contributed by atoms with Crippen molar-refractivity contribution in [2.45, 2.75) is 33.2 Å². The smallest absolute Gasteiger partial charge is 0.193 e. The van der Waals surface area contributed by atoms with Gasteiger partial charge in [0.25, 0.3) is 0 Å². The molecule has 0 radical (unpaired) electrons. The number of nitrogens with zero attached hydrogens (tertiary/aromatic N) is 4. The van der Waals surface area contributed by atoms with Crippen LogP contribution in [-0.4, -0.2) is 99.8 Å². The van der Waals surface area contributed by atoms with Gasteiger partial charge in [-0.1, -0.05) is 13.8 Å². The number of methoxy groups -OCH3 is 1. The maximum atomic E-state index is 5.33. The number of hydrogen-bond acceptors (Lipinski definition) is 4. The van der Waals surface area contributed by atoms with Crippen LogP contribution in [0.2, 0.25) is 0 Å². The average molecular weight is 354 g/mol. The molecule has 1 N–H and O–H groups in total. The Labute approximate surface area is 154 Å². The minimum Gasteiger partial charge on any atom is -0.384 e. The quantitative estimate of drug-likeness (QED) is 0.550. The van der Waals surface area contributed by atoms with E-state index in [0.29, 0.717) is 17.9 Å². The summed E-state index contributed by atoms with van der Waals surface area (Å²) < 4.78 is 5.33. The van der Waals surface area contributed by atoms with Crippen LogP contribution in [0.3, 0.4) is 0 Å². The standard InChI is InChI=1S/C19H39N5O/c1-6-20-19(24-8-7-17(14-24)15-25-5)21-13-18(16(2)3)23-11-9-22(4)10-12-23/h16-18H,6-15H2,1-5H3,(H,20,21). The Morgan fingerprint density at radius 3 is 2.52 bits per heavy atom. The lowest BCUT2D eigenvalue weighted by Gasteiger charge is -2.39. The summed E-state index contributed by atoms with van der Waals surface area (Å²) in [5.41, 5.74) is 0. The molecule has 2 fully saturated rings. The molecule has 146 valence electrons. The fraction of sp³-hybridized carbons (Fsp3) is 0.947. The highest BCUT2D eigenvalue weighted by atomic mass is 16.5. The number of hydrogen-bond donors (Lipinski definition) is 1. The number of likely N-dealkylation sites (tertiary alicyclic amines) is 1. The van der Waals surface area contributed by atoms with Crippen LogP contribution < -0.4 is 5.32 Å². The molecule has 0 aliphatic carbocycles. The molecule has 0 aromatic rings. The summed E-state index contributed by atoms with van der Waals surface area (Å²) in [5.74, 6) is 2.34. The Morgan fingerprint density at radius 1 is 1.20 bits per heavy atom. The predicted octanol–water partition coefficient (Wildman–Crippen LogP) is 1.19. The van der Waals surface area contributed by atoms with Gasteiger partial charge in [-0.15, -0.1) is 0 Å². The van der Waals surface area contributed by atoms with Crippen LogP contribution in [0.4, 0.5) is 0 Å². The van der Waals surface area contributed by atoms with E-state index in [9.17, 15) is 0 Å². The molecule has 0 amide bonds. The van der Waals surface area contributed by atoms with E-state index in [1.54, 1.807) is 7.11 Å². The molecule has 0 aromatic carbocycles. The average Bonchev–Trinajstić information content (AvgIpc) is 3.04. The number of rotatable bonds is 7. The van der Waals surface area contributed by atoms with Gasteiger partial charge in [0.1, 0.15) is 0 Å². The van der Waals surface area contributed by atoms with Gasteiger partial charge < -0.3 is 19.9 Å².